The molecule has 4 nitrogen and oxygen atoms in total. The number of anilines is 3. The molecule has 110 valence electrons. The third kappa shape index (κ3) is 3.63. The molecule has 1 amide bonds. The van der Waals surface area contributed by atoms with Crippen molar-refractivity contribution in [2.45, 2.75) is 0 Å². The fourth-order valence-corrected chi connectivity index (χ4v) is 2.57. The van der Waals surface area contributed by atoms with Crippen molar-refractivity contribution < 1.29 is 4.79 Å². The van der Waals surface area contributed by atoms with Crippen molar-refractivity contribution in [3.63, 3.8) is 0 Å². The number of thiophene rings is 1. The first-order valence-electron chi connectivity index (χ1n) is 6.54. The van der Waals surface area contributed by atoms with Gasteiger partial charge < -0.3 is 10.6 Å². The number of nitrogens with one attached hydrogen (secondary N) is 2. The number of rotatable bonds is 4. The molecule has 0 aliphatic rings. The average molecular weight is 330 g/mol. The number of hydrogen-bond acceptors (Lipinski definition) is 4. The van der Waals surface area contributed by atoms with Crippen molar-refractivity contribution >= 4 is 46.0 Å². The average Bonchev–Trinajstić information content (AvgIpc) is 3.06. The molecule has 1 aromatic carbocycles. The molecule has 22 heavy (non-hydrogen) atoms. The first kappa shape index (κ1) is 14.6. The van der Waals surface area contributed by atoms with Crippen LogP contribution < -0.4 is 10.6 Å². The van der Waals surface area contributed by atoms with E-state index in [9.17, 15) is 4.79 Å². The first-order chi connectivity index (χ1) is 10.7. The molecular weight excluding hydrogens is 318 g/mol. The van der Waals surface area contributed by atoms with Crippen LogP contribution in [0.2, 0.25) is 5.02 Å². The summed E-state index contributed by atoms with van der Waals surface area (Å²) in [5, 5.41) is 8.52. The number of carbonyl (C=O) groups excluding carboxylic acids is 1. The first-order valence-corrected chi connectivity index (χ1v) is 7.80. The maximum absolute atomic E-state index is 11.9. The zero-order valence-corrected chi connectivity index (χ0v) is 13.0. The van der Waals surface area contributed by atoms with E-state index in [0.29, 0.717) is 21.4 Å². The van der Waals surface area contributed by atoms with Gasteiger partial charge in [-0.3, -0.25) is 4.79 Å². The maximum Gasteiger partial charge on any atom is 0.265 e. The molecule has 0 bridgehead atoms. The van der Waals surface area contributed by atoms with E-state index >= 15 is 0 Å². The van der Waals surface area contributed by atoms with Crippen molar-refractivity contribution in [1.82, 2.24) is 4.98 Å². The fraction of sp³-hybridized carbons (Fsp3) is 0. The molecule has 0 saturated heterocycles. The van der Waals surface area contributed by atoms with Crippen LogP contribution in [0.25, 0.3) is 0 Å². The van der Waals surface area contributed by atoms with Gasteiger partial charge in [0.2, 0.25) is 0 Å². The summed E-state index contributed by atoms with van der Waals surface area (Å²) in [4.78, 5) is 16.9. The van der Waals surface area contributed by atoms with Crippen LogP contribution in [0.5, 0.6) is 0 Å². The maximum atomic E-state index is 11.9. The third-order valence-corrected chi connectivity index (χ3v) is 4.00. The summed E-state index contributed by atoms with van der Waals surface area (Å²) in [6.45, 7) is 0. The molecule has 0 saturated carbocycles. The van der Waals surface area contributed by atoms with Gasteiger partial charge in [0.25, 0.3) is 5.91 Å². The van der Waals surface area contributed by atoms with Crippen LogP contribution in [0, 0.1) is 0 Å². The summed E-state index contributed by atoms with van der Waals surface area (Å²) in [7, 11) is 0. The van der Waals surface area contributed by atoms with Crippen LogP contribution >= 0.6 is 22.9 Å². The third-order valence-electron chi connectivity index (χ3n) is 2.88. The number of aromatic nitrogens is 1. The van der Waals surface area contributed by atoms with Gasteiger partial charge in [-0.2, -0.15) is 0 Å². The van der Waals surface area contributed by atoms with E-state index in [0.717, 1.165) is 5.69 Å². The van der Waals surface area contributed by atoms with Crippen molar-refractivity contribution in [1.29, 1.82) is 0 Å². The van der Waals surface area contributed by atoms with E-state index in [1.54, 1.807) is 36.5 Å². The lowest BCUT2D eigenvalue weighted by Gasteiger charge is -2.07. The topological polar surface area (TPSA) is 54.0 Å². The lowest BCUT2D eigenvalue weighted by Crippen LogP contribution is -2.10. The molecule has 3 aromatic rings. The normalized spacial score (nSPS) is 10.2. The minimum absolute atomic E-state index is 0.129. The fourth-order valence-electron chi connectivity index (χ4n) is 1.82. The molecule has 2 N–H and O–H groups in total. The highest BCUT2D eigenvalue weighted by atomic mass is 35.5. The van der Waals surface area contributed by atoms with Gasteiger partial charge in [0.05, 0.1) is 16.8 Å². The summed E-state index contributed by atoms with van der Waals surface area (Å²) in [5.74, 6) is 0.562. The van der Waals surface area contributed by atoms with Gasteiger partial charge in [0.15, 0.2) is 0 Å². The predicted octanol–water partition coefficient (Wildman–Crippen LogP) is 4.79. The second-order valence-electron chi connectivity index (χ2n) is 4.50. The molecule has 2 aromatic heterocycles. The Labute approximate surface area is 136 Å². The summed E-state index contributed by atoms with van der Waals surface area (Å²) in [6.07, 6.45) is 1.61. The van der Waals surface area contributed by atoms with Gasteiger partial charge in [-0.15, -0.1) is 11.3 Å². The van der Waals surface area contributed by atoms with Gasteiger partial charge in [-0.1, -0.05) is 17.7 Å². The van der Waals surface area contributed by atoms with Crippen LogP contribution in [0.3, 0.4) is 0 Å². The SMILES string of the molecule is O=C(Nc1ccc(Nc2ccc(Cl)cc2)nc1)c1cccs1. The number of carbonyl (C=O) groups is 1. The zero-order chi connectivity index (χ0) is 15.4. The Kier molecular flexibility index (Phi) is 4.37. The van der Waals surface area contributed by atoms with E-state index in [1.165, 1.54) is 11.3 Å². The molecule has 0 aliphatic heterocycles. The minimum Gasteiger partial charge on any atom is -0.340 e. The van der Waals surface area contributed by atoms with Gasteiger partial charge in [0.1, 0.15) is 5.82 Å². The second kappa shape index (κ2) is 6.60. The molecule has 0 aliphatic carbocycles. The largest absolute Gasteiger partial charge is 0.340 e. The standard InChI is InChI=1S/C16H12ClN3OS/c17-11-3-5-12(6-4-11)19-15-8-7-13(10-18-15)20-16(21)14-2-1-9-22-14/h1-10H,(H,18,19)(H,20,21). The van der Waals surface area contributed by atoms with Crippen molar-refractivity contribution in [2.75, 3.05) is 10.6 Å². The van der Waals surface area contributed by atoms with Gasteiger partial charge in [-0.05, 0) is 47.8 Å². The monoisotopic (exact) mass is 329 g/mol. The lowest BCUT2D eigenvalue weighted by atomic mass is 10.3. The number of amides is 1. The number of pyridine rings is 1. The Bertz CT molecular complexity index is 755. The van der Waals surface area contributed by atoms with Gasteiger partial charge in [-0.25, -0.2) is 4.98 Å². The molecular formula is C16H12ClN3OS. The van der Waals surface area contributed by atoms with E-state index < -0.39 is 0 Å². The highest BCUT2D eigenvalue weighted by molar-refractivity contribution is 7.12. The summed E-state index contributed by atoms with van der Waals surface area (Å²) in [5.41, 5.74) is 1.55. The Balaban J connectivity index is 1.65. The molecule has 2 heterocycles. The smallest absolute Gasteiger partial charge is 0.265 e. The molecule has 3 rings (SSSR count). The molecule has 0 unspecified atom stereocenters. The van der Waals surface area contributed by atoms with Crippen LogP contribution in [0.4, 0.5) is 17.2 Å². The quantitative estimate of drug-likeness (QED) is 0.723. The highest BCUT2D eigenvalue weighted by Gasteiger charge is 2.06. The summed E-state index contributed by atoms with van der Waals surface area (Å²) < 4.78 is 0. The molecule has 0 spiro atoms. The van der Waals surface area contributed by atoms with Gasteiger partial charge >= 0.3 is 0 Å². The lowest BCUT2D eigenvalue weighted by molar-refractivity contribution is 0.103. The Morgan fingerprint density at radius 2 is 1.82 bits per heavy atom. The summed E-state index contributed by atoms with van der Waals surface area (Å²) >= 11 is 7.24. The molecule has 0 atom stereocenters. The zero-order valence-electron chi connectivity index (χ0n) is 11.4. The second-order valence-corrected chi connectivity index (χ2v) is 5.88. The Hall–Kier alpha value is -2.37. The minimum atomic E-state index is -0.129. The van der Waals surface area contributed by atoms with E-state index in [1.807, 2.05) is 23.6 Å². The van der Waals surface area contributed by atoms with Crippen LogP contribution in [-0.4, -0.2) is 10.9 Å². The Morgan fingerprint density at radius 1 is 1.05 bits per heavy atom. The Morgan fingerprint density at radius 3 is 2.45 bits per heavy atom. The number of nitrogens with zero attached hydrogens (tertiary/aromatic N) is 1. The van der Waals surface area contributed by atoms with Crippen LogP contribution in [0.1, 0.15) is 9.67 Å². The van der Waals surface area contributed by atoms with E-state index in [4.69, 9.17) is 11.6 Å². The number of hydrogen-bond donors (Lipinski definition) is 2. The van der Waals surface area contributed by atoms with E-state index in [-0.39, 0.29) is 5.91 Å². The number of halogens is 1. The van der Waals surface area contributed by atoms with Crippen molar-refractivity contribution in [2.24, 2.45) is 0 Å². The van der Waals surface area contributed by atoms with Gasteiger partial charge in [0, 0.05) is 10.7 Å². The molecule has 0 radical (unpaired) electrons. The highest BCUT2D eigenvalue weighted by Crippen LogP contribution is 2.19. The molecule has 0 fully saturated rings. The summed E-state index contributed by atoms with van der Waals surface area (Å²) in [6, 6.07) is 14.6. The predicted molar refractivity (Wildman–Crippen MR) is 91.2 cm³/mol. The number of benzene rings is 1. The van der Waals surface area contributed by atoms with E-state index in [2.05, 4.69) is 15.6 Å². The van der Waals surface area contributed by atoms with Crippen molar-refractivity contribution in [3.05, 3.63) is 70.0 Å². The molecule has 6 heteroatoms. The van der Waals surface area contributed by atoms with Crippen LogP contribution in [0.15, 0.2) is 60.1 Å². The van der Waals surface area contributed by atoms with Crippen LogP contribution in [-0.2, 0) is 0 Å². The van der Waals surface area contributed by atoms with Crippen molar-refractivity contribution in [3.8, 4) is 0 Å².